The molecule has 0 bridgehead atoms. The van der Waals surface area contributed by atoms with Gasteiger partial charge in [0.1, 0.15) is 0 Å². The summed E-state index contributed by atoms with van der Waals surface area (Å²) in [5, 5.41) is 0. The lowest BCUT2D eigenvalue weighted by molar-refractivity contribution is 0.727. The summed E-state index contributed by atoms with van der Waals surface area (Å²) in [7, 11) is 0. The van der Waals surface area contributed by atoms with Crippen molar-refractivity contribution in [1.29, 1.82) is 0 Å². The third kappa shape index (κ3) is 2.19. The predicted molar refractivity (Wildman–Crippen MR) is 66.8 cm³/mol. The first-order valence-corrected chi connectivity index (χ1v) is 5.24. The molecule has 0 atom stereocenters. The minimum absolute atomic E-state index is 0.558. The van der Waals surface area contributed by atoms with Gasteiger partial charge >= 0.3 is 0 Å². The number of hydrogen-bond acceptors (Lipinski definition) is 0. The molecule has 0 saturated heterocycles. The molecule has 0 fully saturated rings. The molecule has 0 radical (unpaired) electrons. The topological polar surface area (TPSA) is 0 Å². The lowest BCUT2D eigenvalue weighted by atomic mass is 10.00. The first-order chi connectivity index (χ1) is 7.81. The summed E-state index contributed by atoms with van der Waals surface area (Å²) in [4.78, 5) is 0. The Labute approximate surface area is 95.1 Å². The van der Waals surface area contributed by atoms with E-state index < -0.39 is 0 Å². The van der Waals surface area contributed by atoms with Gasteiger partial charge in [0.15, 0.2) is 0 Å². The molecule has 0 aliphatic carbocycles. The smallest absolute Gasteiger partial charge is 0.0872 e. The van der Waals surface area contributed by atoms with Crippen LogP contribution >= 0.6 is 0 Å². The zero-order valence-corrected chi connectivity index (χ0v) is 9.15. The summed E-state index contributed by atoms with van der Waals surface area (Å²) in [6.07, 6.45) is 2.00. The van der Waals surface area contributed by atoms with Crippen LogP contribution < -0.4 is 0 Å². The summed E-state index contributed by atoms with van der Waals surface area (Å²) in [6, 6.07) is 16.1. The fraction of sp³-hybridized carbons (Fsp3) is 0.0667. The van der Waals surface area contributed by atoms with E-state index in [4.69, 9.17) is 0 Å². The molecule has 0 unspecified atom stereocenters. The van der Waals surface area contributed by atoms with Gasteiger partial charge in [-0.3, -0.25) is 0 Å². The molecule has 1 heteroatoms. The van der Waals surface area contributed by atoms with Crippen molar-refractivity contribution in [3.8, 4) is 11.1 Å². The molecule has 16 heavy (non-hydrogen) atoms. The predicted octanol–water partition coefficient (Wildman–Crippen LogP) is 4.60. The van der Waals surface area contributed by atoms with E-state index in [9.17, 15) is 4.39 Å². The molecule has 0 aliphatic heterocycles. The third-order valence-corrected chi connectivity index (χ3v) is 2.62. The molecule has 0 N–H and O–H groups in total. The Bertz CT molecular complexity index is 495. The van der Waals surface area contributed by atoms with E-state index in [0.717, 1.165) is 11.1 Å². The maximum absolute atomic E-state index is 12.0. The van der Waals surface area contributed by atoms with Crippen LogP contribution in [0.1, 0.15) is 11.1 Å². The van der Waals surface area contributed by atoms with Gasteiger partial charge in [-0.1, -0.05) is 48.5 Å². The minimum atomic E-state index is 0.558. The molecule has 0 saturated carbocycles. The minimum Gasteiger partial charge on any atom is -0.216 e. The van der Waals surface area contributed by atoms with Crippen molar-refractivity contribution in [3.05, 3.63) is 66.0 Å². The zero-order chi connectivity index (χ0) is 11.4. The highest BCUT2D eigenvalue weighted by Crippen LogP contribution is 2.23. The highest BCUT2D eigenvalue weighted by Gasteiger charge is 1.99. The summed E-state index contributed by atoms with van der Waals surface area (Å²) < 4.78 is 12.0. The molecular weight excluding hydrogens is 199 g/mol. The van der Waals surface area contributed by atoms with Crippen molar-refractivity contribution in [2.24, 2.45) is 0 Å². The second-order valence-corrected chi connectivity index (χ2v) is 3.73. The lowest BCUT2D eigenvalue weighted by Gasteiger charge is -2.05. The Morgan fingerprint density at radius 1 is 0.938 bits per heavy atom. The van der Waals surface area contributed by atoms with Crippen molar-refractivity contribution in [1.82, 2.24) is 0 Å². The average molecular weight is 212 g/mol. The summed E-state index contributed by atoms with van der Waals surface area (Å²) >= 11 is 0. The van der Waals surface area contributed by atoms with Crippen LogP contribution in [0, 0.1) is 6.92 Å². The number of aryl methyl sites for hydroxylation is 1. The largest absolute Gasteiger partial charge is 0.216 e. The van der Waals surface area contributed by atoms with Gasteiger partial charge in [0.25, 0.3) is 0 Å². The fourth-order valence-electron chi connectivity index (χ4n) is 1.74. The third-order valence-electron chi connectivity index (χ3n) is 2.62. The summed E-state index contributed by atoms with van der Waals surface area (Å²) in [5.41, 5.74) is 4.50. The van der Waals surface area contributed by atoms with Crippen LogP contribution in [0.4, 0.5) is 4.39 Å². The van der Waals surface area contributed by atoms with Crippen LogP contribution in [-0.4, -0.2) is 0 Å². The van der Waals surface area contributed by atoms with E-state index in [2.05, 4.69) is 19.1 Å². The molecule has 80 valence electrons. The van der Waals surface area contributed by atoms with Gasteiger partial charge in [-0.2, -0.15) is 0 Å². The van der Waals surface area contributed by atoms with Gasteiger partial charge < -0.3 is 0 Å². The maximum atomic E-state index is 12.0. The highest BCUT2D eigenvalue weighted by molar-refractivity contribution is 5.68. The first-order valence-electron chi connectivity index (χ1n) is 5.24. The van der Waals surface area contributed by atoms with Crippen LogP contribution in [0.15, 0.2) is 54.9 Å². The maximum Gasteiger partial charge on any atom is 0.0872 e. The molecule has 0 amide bonds. The van der Waals surface area contributed by atoms with E-state index in [-0.39, 0.29) is 0 Å². The quantitative estimate of drug-likeness (QED) is 0.682. The van der Waals surface area contributed by atoms with Gasteiger partial charge in [0, 0.05) is 0 Å². The van der Waals surface area contributed by atoms with Crippen molar-refractivity contribution in [3.63, 3.8) is 0 Å². The highest BCUT2D eigenvalue weighted by atomic mass is 19.1. The molecular formula is C15H13F. The standard InChI is InChI=1S/C15H13F/c1-12-4-2-3-5-15(12)14-8-6-13(7-9-14)10-11-16/h2-11H,1H3/b11-10+. The van der Waals surface area contributed by atoms with Gasteiger partial charge in [-0.25, -0.2) is 4.39 Å². The van der Waals surface area contributed by atoms with Crippen molar-refractivity contribution in [2.45, 2.75) is 6.92 Å². The molecule has 0 spiro atoms. The second kappa shape index (κ2) is 4.75. The number of halogens is 1. The fourth-order valence-corrected chi connectivity index (χ4v) is 1.74. The van der Waals surface area contributed by atoms with Gasteiger partial charge in [0.2, 0.25) is 0 Å². The van der Waals surface area contributed by atoms with Crippen LogP contribution in [0.2, 0.25) is 0 Å². The monoisotopic (exact) mass is 212 g/mol. The van der Waals surface area contributed by atoms with Gasteiger partial charge in [-0.05, 0) is 35.3 Å². The van der Waals surface area contributed by atoms with Crippen molar-refractivity contribution < 1.29 is 4.39 Å². The molecule has 2 rings (SSSR count). The first kappa shape index (κ1) is 10.6. The van der Waals surface area contributed by atoms with E-state index in [1.807, 2.05) is 36.4 Å². The Balaban J connectivity index is 2.39. The van der Waals surface area contributed by atoms with E-state index in [1.54, 1.807) is 0 Å². The Kier molecular flexibility index (Phi) is 3.16. The molecule has 0 nitrogen and oxygen atoms in total. The van der Waals surface area contributed by atoms with Crippen LogP contribution in [-0.2, 0) is 0 Å². The van der Waals surface area contributed by atoms with Crippen LogP contribution in [0.25, 0.3) is 17.2 Å². The lowest BCUT2D eigenvalue weighted by Crippen LogP contribution is -1.82. The summed E-state index contributed by atoms with van der Waals surface area (Å²) in [6.45, 7) is 2.09. The van der Waals surface area contributed by atoms with Gasteiger partial charge in [-0.15, -0.1) is 0 Å². The van der Waals surface area contributed by atoms with E-state index >= 15 is 0 Å². The second-order valence-electron chi connectivity index (χ2n) is 3.73. The number of rotatable bonds is 2. The average Bonchev–Trinajstić information content (AvgIpc) is 2.31. The normalized spacial score (nSPS) is 10.9. The van der Waals surface area contributed by atoms with Crippen LogP contribution in [0.5, 0.6) is 0 Å². The number of hydrogen-bond donors (Lipinski definition) is 0. The molecule has 0 aromatic heterocycles. The van der Waals surface area contributed by atoms with Crippen molar-refractivity contribution >= 4 is 6.08 Å². The van der Waals surface area contributed by atoms with E-state index in [0.29, 0.717) is 6.33 Å². The van der Waals surface area contributed by atoms with Crippen LogP contribution in [0.3, 0.4) is 0 Å². The van der Waals surface area contributed by atoms with E-state index in [1.165, 1.54) is 17.2 Å². The van der Waals surface area contributed by atoms with Crippen molar-refractivity contribution in [2.75, 3.05) is 0 Å². The molecule has 2 aromatic rings. The molecule has 0 aliphatic rings. The Morgan fingerprint density at radius 2 is 1.62 bits per heavy atom. The number of benzene rings is 2. The SMILES string of the molecule is Cc1ccccc1-c1ccc(/C=C/F)cc1. The Morgan fingerprint density at radius 3 is 2.25 bits per heavy atom. The molecule has 0 heterocycles. The zero-order valence-electron chi connectivity index (χ0n) is 9.15. The summed E-state index contributed by atoms with van der Waals surface area (Å²) in [5.74, 6) is 0. The molecule has 2 aromatic carbocycles. The Hall–Kier alpha value is -1.89. The van der Waals surface area contributed by atoms with Gasteiger partial charge in [0.05, 0.1) is 6.33 Å².